The van der Waals surface area contributed by atoms with Gasteiger partial charge in [0.05, 0.1) is 0 Å². The molecular formula is C10H13NO2S2. The van der Waals surface area contributed by atoms with E-state index < -0.39 is 0 Å². The summed E-state index contributed by atoms with van der Waals surface area (Å²) in [5, 5.41) is 1.39. The zero-order valence-electron chi connectivity index (χ0n) is 8.56. The number of piperidine rings is 1. The van der Waals surface area contributed by atoms with Crippen molar-refractivity contribution >= 4 is 40.4 Å². The molecule has 0 radical (unpaired) electrons. The fourth-order valence-electron chi connectivity index (χ4n) is 2.41. The molecule has 1 aliphatic carbocycles. The zero-order valence-corrected chi connectivity index (χ0v) is 10.2. The maximum Gasteiger partial charge on any atom is 0.329 e. The second kappa shape index (κ2) is 4.14. The van der Waals surface area contributed by atoms with Crippen molar-refractivity contribution in [3.63, 3.8) is 0 Å². The zero-order chi connectivity index (χ0) is 11.0. The molecule has 2 fully saturated rings. The molecule has 82 valence electrons. The molecule has 0 amide bonds. The van der Waals surface area contributed by atoms with Crippen LogP contribution in [-0.2, 0) is 9.63 Å². The van der Waals surface area contributed by atoms with E-state index >= 15 is 0 Å². The van der Waals surface area contributed by atoms with Crippen LogP contribution in [0.3, 0.4) is 0 Å². The first-order chi connectivity index (χ1) is 7.09. The predicted octanol–water partition coefficient (Wildman–Crippen LogP) is 2.24. The van der Waals surface area contributed by atoms with E-state index in [-0.39, 0.29) is 5.97 Å². The fraction of sp³-hybridized carbons (Fsp3) is 0.700. The van der Waals surface area contributed by atoms with Gasteiger partial charge in [-0.3, -0.25) is 0 Å². The Kier molecular flexibility index (Phi) is 3.02. The van der Waals surface area contributed by atoms with Gasteiger partial charge in [0.2, 0.25) is 0 Å². The van der Waals surface area contributed by atoms with Gasteiger partial charge in [0.25, 0.3) is 0 Å². The summed E-state index contributed by atoms with van der Waals surface area (Å²) < 4.78 is 0. The standard InChI is InChI=1S/C10H13NO2S2/c1-6(12)13-11-9(14)5-7-3-2-4-8(7)10(11)15/h7-8H,2-5H2,1H3. The van der Waals surface area contributed by atoms with Crippen molar-refractivity contribution < 1.29 is 9.63 Å². The topological polar surface area (TPSA) is 29.5 Å². The van der Waals surface area contributed by atoms with Crippen molar-refractivity contribution in [2.45, 2.75) is 32.6 Å². The third-order valence-corrected chi connectivity index (χ3v) is 3.86. The molecule has 0 aromatic rings. The van der Waals surface area contributed by atoms with Crippen molar-refractivity contribution in [3.8, 4) is 0 Å². The molecular weight excluding hydrogens is 230 g/mol. The lowest BCUT2D eigenvalue weighted by Gasteiger charge is -2.35. The minimum atomic E-state index is -0.365. The molecule has 1 saturated carbocycles. The minimum absolute atomic E-state index is 0.365. The van der Waals surface area contributed by atoms with Crippen LogP contribution in [0.2, 0.25) is 0 Å². The van der Waals surface area contributed by atoms with Crippen molar-refractivity contribution in [2.75, 3.05) is 0 Å². The lowest BCUT2D eigenvalue weighted by Crippen LogP contribution is -2.46. The Morgan fingerprint density at radius 3 is 2.87 bits per heavy atom. The Morgan fingerprint density at radius 2 is 2.20 bits per heavy atom. The highest BCUT2D eigenvalue weighted by Crippen LogP contribution is 2.40. The summed E-state index contributed by atoms with van der Waals surface area (Å²) in [4.78, 5) is 17.3. The lowest BCUT2D eigenvalue weighted by molar-refractivity contribution is -0.159. The van der Waals surface area contributed by atoms with Crippen LogP contribution in [0.4, 0.5) is 0 Å². The second-order valence-electron chi connectivity index (χ2n) is 4.11. The Labute approximate surface area is 99.7 Å². The highest BCUT2D eigenvalue weighted by molar-refractivity contribution is 7.81. The van der Waals surface area contributed by atoms with Gasteiger partial charge in [-0.2, -0.15) is 5.06 Å². The van der Waals surface area contributed by atoms with E-state index in [9.17, 15) is 4.79 Å². The minimum Gasteiger partial charge on any atom is -0.335 e. The summed E-state index contributed by atoms with van der Waals surface area (Å²) in [5.41, 5.74) is 0. The summed E-state index contributed by atoms with van der Waals surface area (Å²) in [7, 11) is 0. The fourth-order valence-corrected chi connectivity index (χ4v) is 3.28. The smallest absolute Gasteiger partial charge is 0.329 e. The normalized spacial score (nSPS) is 30.3. The van der Waals surface area contributed by atoms with Gasteiger partial charge in [0, 0.05) is 19.3 Å². The van der Waals surface area contributed by atoms with Crippen LogP contribution in [0.5, 0.6) is 0 Å². The molecule has 0 spiro atoms. The molecule has 3 nitrogen and oxygen atoms in total. The number of thiocarbonyl (C=S) groups is 2. The summed E-state index contributed by atoms with van der Waals surface area (Å²) in [6, 6.07) is 0. The molecule has 5 heteroatoms. The molecule has 1 heterocycles. The van der Waals surface area contributed by atoms with Crippen LogP contribution in [-0.4, -0.2) is 21.0 Å². The third kappa shape index (κ3) is 2.03. The first-order valence-corrected chi connectivity index (χ1v) is 5.96. The first-order valence-electron chi connectivity index (χ1n) is 5.15. The molecule has 1 aliphatic heterocycles. The number of carbonyl (C=O) groups excluding carboxylic acids is 1. The van der Waals surface area contributed by atoms with E-state index in [2.05, 4.69) is 0 Å². The Balaban J connectivity index is 2.14. The van der Waals surface area contributed by atoms with Gasteiger partial charge in [-0.25, -0.2) is 4.79 Å². The average Bonchev–Trinajstić information content (AvgIpc) is 2.59. The monoisotopic (exact) mass is 243 g/mol. The van der Waals surface area contributed by atoms with E-state index in [1.54, 1.807) is 0 Å². The van der Waals surface area contributed by atoms with E-state index in [0.717, 1.165) is 12.8 Å². The Hall–Kier alpha value is -0.550. The van der Waals surface area contributed by atoms with Crippen LogP contribution >= 0.6 is 24.4 Å². The predicted molar refractivity (Wildman–Crippen MR) is 64.2 cm³/mol. The van der Waals surface area contributed by atoms with Gasteiger partial charge in [-0.15, -0.1) is 0 Å². The van der Waals surface area contributed by atoms with Crippen LogP contribution in [0.25, 0.3) is 0 Å². The van der Waals surface area contributed by atoms with Gasteiger partial charge >= 0.3 is 5.97 Å². The molecule has 0 aromatic carbocycles. The molecule has 2 atom stereocenters. The van der Waals surface area contributed by atoms with E-state index in [1.807, 2.05) is 0 Å². The number of nitrogens with zero attached hydrogens (tertiary/aromatic N) is 1. The second-order valence-corrected chi connectivity index (χ2v) is 5.00. The van der Waals surface area contributed by atoms with Crippen LogP contribution in [0, 0.1) is 11.8 Å². The Bertz CT molecular complexity index is 329. The number of hydroxylamine groups is 2. The maximum absolute atomic E-state index is 10.9. The average molecular weight is 243 g/mol. The van der Waals surface area contributed by atoms with Crippen molar-refractivity contribution in [1.29, 1.82) is 0 Å². The van der Waals surface area contributed by atoms with E-state index in [4.69, 9.17) is 29.3 Å². The molecule has 0 bridgehead atoms. The highest BCUT2D eigenvalue weighted by atomic mass is 32.1. The molecule has 2 aliphatic rings. The number of fused-ring (bicyclic) bond motifs is 1. The first kappa shape index (κ1) is 11.0. The van der Waals surface area contributed by atoms with Gasteiger partial charge in [-0.1, -0.05) is 30.9 Å². The van der Waals surface area contributed by atoms with E-state index in [0.29, 0.717) is 21.8 Å². The van der Waals surface area contributed by atoms with Gasteiger partial charge in [-0.05, 0) is 18.8 Å². The SMILES string of the molecule is CC(=O)ON1C(=S)CC2CCCC2C1=S. The molecule has 2 rings (SSSR count). The van der Waals surface area contributed by atoms with Crippen molar-refractivity contribution in [3.05, 3.63) is 0 Å². The van der Waals surface area contributed by atoms with Crippen molar-refractivity contribution in [2.24, 2.45) is 11.8 Å². The lowest BCUT2D eigenvalue weighted by atomic mass is 9.89. The molecule has 0 aromatic heterocycles. The van der Waals surface area contributed by atoms with Crippen LogP contribution in [0.15, 0.2) is 0 Å². The number of hydrogen-bond donors (Lipinski definition) is 0. The maximum atomic E-state index is 10.9. The van der Waals surface area contributed by atoms with Gasteiger partial charge < -0.3 is 4.84 Å². The summed E-state index contributed by atoms with van der Waals surface area (Å²) in [5.74, 6) is 0.596. The van der Waals surface area contributed by atoms with Crippen LogP contribution < -0.4 is 0 Å². The van der Waals surface area contributed by atoms with E-state index in [1.165, 1.54) is 24.8 Å². The largest absolute Gasteiger partial charge is 0.335 e. The molecule has 1 saturated heterocycles. The Morgan fingerprint density at radius 1 is 1.47 bits per heavy atom. The number of hydrogen-bond acceptors (Lipinski definition) is 4. The van der Waals surface area contributed by atoms with Gasteiger partial charge in [0.15, 0.2) is 0 Å². The van der Waals surface area contributed by atoms with Crippen molar-refractivity contribution in [1.82, 2.24) is 5.06 Å². The third-order valence-electron chi connectivity index (χ3n) is 3.06. The number of carbonyl (C=O) groups is 1. The highest BCUT2D eigenvalue weighted by Gasteiger charge is 2.40. The summed E-state index contributed by atoms with van der Waals surface area (Å²) in [6.45, 7) is 1.37. The molecule has 2 unspecified atom stereocenters. The quantitative estimate of drug-likeness (QED) is 0.659. The molecule has 0 N–H and O–H groups in total. The van der Waals surface area contributed by atoms with Crippen LogP contribution in [0.1, 0.15) is 32.6 Å². The summed E-state index contributed by atoms with van der Waals surface area (Å²) in [6.07, 6.45) is 4.32. The molecule has 15 heavy (non-hydrogen) atoms. The summed E-state index contributed by atoms with van der Waals surface area (Å²) >= 11 is 10.5. The number of rotatable bonds is 1. The van der Waals surface area contributed by atoms with Gasteiger partial charge in [0.1, 0.15) is 9.98 Å².